The van der Waals surface area contributed by atoms with Crippen molar-refractivity contribution in [2.75, 3.05) is 5.01 Å². The predicted molar refractivity (Wildman–Crippen MR) is 110 cm³/mol. The summed E-state index contributed by atoms with van der Waals surface area (Å²) in [6, 6.07) is 12.1. The SMILES string of the molecule is CCCCCCC1OC(=O)c2cc(N3N=C(c4ccccc4O)CC3=O)ccc21. The molecule has 0 radical (unpaired) electrons. The number of carbonyl (C=O) groups excluding carboxylic acids is 2. The fourth-order valence-corrected chi connectivity index (χ4v) is 3.86. The van der Waals surface area contributed by atoms with Crippen LogP contribution in [0.2, 0.25) is 0 Å². The number of phenols is 1. The Bertz CT molecular complexity index is 983. The molecule has 1 N–H and O–H groups in total. The number of fused-ring (bicyclic) bond motifs is 1. The zero-order valence-corrected chi connectivity index (χ0v) is 16.4. The van der Waals surface area contributed by atoms with Crippen molar-refractivity contribution in [3.05, 3.63) is 59.2 Å². The van der Waals surface area contributed by atoms with Crippen molar-refractivity contribution >= 4 is 23.3 Å². The van der Waals surface area contributed by atoms with Crippen LogP contribution in [0.1, 0.15) is 73.0 Å². The summed E-state index contributed by atoms with van der Waals surface area (Å²) in [5.41, 5.74) is 2.96. The molecule has 0 saturated heterocycles. The zero-order valence-electron chi connectivity index (χ0n) is 16.4. The topological polar surface area (TPSA) is 79.2 Å². The van der Waals surface area contributed by atoms with Crippen molar-refractivity contribution < 1.29 is 19.4 Å². The molecule has 0 saturated carbocycles. The minimum absolute atomic E-state index is 0.0874. The molecular weight excluding hydrogens is 368 g/mol. The Hall–Kier alpha value is -3.15. The van der Waals surface area contributed by atoms with Crippen LogP contribution in [0.3, 0.4) is 0 Å². The highest BCUT2D eigenvalue weighted by molar-refractivity contribution is 6.20. The van der Waals surface area contributed by atoms with Crippen LogP contribution in [0.15, 0.2) is 47.6 Å². The molecule has 0 fully saturated rings. The van der Waals surface area contributed by atoms with Crippen molar-refractivity contribution in [3.8, 4) is 5.75 Å². The Morgan fingerprint density at radius 2 is 1.93 bits per heavy atom. The van der Waals surface area contributed by atoms with Crippen LogP contribution in [-0.2, 0) is 9.53 Å². The Kier molecular flexibility index (Phi) is 5.34. The Morgan fingerprint density at radius 3 is 2.72 bits per heavy atom. The molecule has 4 rings (SSSR count). The number of amides is 1. The molecule has 0 aliphatic carbocycles. The lowest BCUT2D eigenvalue weighted by Gasteiger charge is -2.13. The normalized spacial score (nSPS) is 18.0. The number of hydrazone groups is 1. The van der Waals surface area contributed by atoms with E-state index in [2.05, 4.69) is 12.0 Å². The molecule has 1 amide bonds. The highest BCUT2D eigenvalue weighted by atomic mass is 16.5. The van der Waals surface area contributed by atoms with Gasteiger partial charge in [0.15, 0.2) is 0 Å². The van der Waals surface area contributed by atoms with E-state index in [-0.39, 0.29) is 30.2 Å². The van der Waals surface area contributed by atoms with Crippen LogP contribution in [0.5, 0.6) is 5.75 Å². The van der Waals surface area contributed by atoms with Gasteiger partial charge in [-0.15, -0.1) is 0 Å². The number of rotatable bonds is 7. The van der Waals surface area contributed by atoms with E-state index in [9.17, 15) is 14.7 Å². The summed E-state index contributed by atoms with van der Waals surface area (Å²) >= 11 is 0. The first-order valence-corrected chi connectivity index (χ1v) is 10.1. The summed E-state index contributed by atoms with van der Waals surface area (Å²) in [7, 11) is 0. The number of nitrogens with zero attached hydrogens (tertiary/aromatic N) is 2. The number of hydrogen-bond acceptors (Lipinski definition) is 5. The van der Waals surface area contributed by atoms with E-state index in [1.165, 1.54) is 11.4 Å². The molecule has 2 aliphatic rings. The van der Waals surface area contributed by atoms with Crippen LogP contribution in [0.4, 0.5) is 5.69 Å². The van der Waals surface area contributed by atoms with Gasteiger partial charge in [-0.3, -0.25) is 4.79 Å². The molecule has 2 aromatic carbocycles. The third kappa shape index (κ3) is 3.75. The number of benzene rings is 2. The number of carbonyl (C=O) groups is 2. The number of phenolic OH excluding ortho intramolecular Hbond substituents is 1. The first-order valence-electron chi connectivity index (χ1n) is 10.1. The molecule has 6 nitrogen and oxygen atoms in total. The van der Waals surface area contributed by atoms with Crippen molar-refractivity contribution in [1.82, 2.24) is 0 Å². The smallest absolute Gasteiger partial charge is 0.339 e. The van der Waals surface area contributed by atoms with Crippen LogP contribution >= 0.6 is 0 Å². The van der Waals surface area contributed by atoms with Crippen molar-refractivity contribution in [2.24, 2.45) is 5.10 Å². The van der Waals surface area contributed by atoms with E-state index in [1.54, 1.807) is 36.4 Å². The van der Waals surface area contributed by atoms with E-state index in [0.29, 0.717) is 22.5 Å². The van der Waals surface area contributed by atoms with Gasteiger partial charge in [0.2, 0.25) is 0 Å². The molecule has 0 aromatic heterocycles. The molecule has 2 heterocycles. The number of cyclic esters (lactones) is 1. The molecule has 1 unspecified atom stereocenters. The largest absolute Gasteiger partial charge is 0.507 e. The predicted octanol–water partition coefficient (Wildman–Crippen LogP) is 4.72. The molecular formula is C23H24N2O4. The van der Waals surface area contributed by atoms with Crippen LogP contribution < -0.4 is 5.01 Å². The highest BCUT2D eigenvalue weighted by Crippen LogP contribution is 2.37. The molecule has 0 spiro atoms. The summed E-state index contributed by atoms with van der Waals surface area (Å²) < 4.78 is 5.55. The molecule has 1 atom stereocenters. The van der Waals surface area contributed by atoms with Gasteiger partial charge in [0.25, 0.3) is 5.91 Å². The van der Waals surface area contributed by atoms with Crippen molar-refractivity contribution in [2.45, 2.75) is 51.6 Å². The number of anilines is 1. The molecule has 150 valence electrons. The number of para-hydroxylation sites is 1. The lowest BCUT2D eigenvalue weighted by atomic mass is 9.99. The standard InChI is InChI=1S/C23H24N2O4/c1-2-3-4-5-10-21-16-12-11-15(13-18(16)23(28)29-21)25-22(27)14-19(24-25)17-8-6-7-9-20(17)26/h6-9,11-13,21,26H,2-5,10,14H2,1H3. The maximum Gasteiger partial charge on any atom is 0.339 e. The number of aromatic hydroxyl groups is 1. The summed E-state index contributed by atoms with van der Waals surface area (Å²) in [4.78, 5) is 24.9. The first kappa shape index (κ1) is 19.2. The van der Waals surface area contributed by atoms with Gasteiger partial charge in [0, 0.05) is 11.1 Å². The minimum atomic E-state index is -0.348. The Morgan fingerprint density at radius 1 is 1.10 bits per heavy atom. The maximum absolute atomic E-state index is 12.5. The van der Waals surface area contributed by atoms with Crippen molar-refractivity contribution in [3.63, 3.8) is 0 Å². The lowest BCUT2D eigenvalue weighted by molar-refractivity contribution is -0.116. The number of esters is 1. The van der Waals surface area contributed by atoms with E-state index in [4.69, 9.17) is 4.74 Å². The fraction of sp³-hybridized carbons (Fsp3) is 0.348. The van der Waals surface area contributed by atoms with E-state index >= 15 is 0 Å². The Labute approximate surface area is 169 Å². The Balaban J connectivity index is 1.56. The summed E-state index contributed by atoms with van der Waals surface area (Å²) in [5.74, 6) is -0.464. The number of hydrogen-bond donors (Lipinski definition) is 1. The van der Waals surface area contributed by atoms with Crippen LogP contribution in [0, 0.1) is 0 Å². The van der Waals surface area contributed by atoms with Gasteiger partial charge in [-0.25, -0.2) is 9.80 Å². The minimum Gasteiger partial charge on any atom is -0.507 e. The zero-order chi connectivity index (χ0) is 20.4. The third-order valence-electron chi connectivity index (χ3n) is 5.41. The van der Waals surface area contributed by atoms with Gasteiger partial charge < -0.3 is 9.84 Å². The van der Waals surface area contributed by atoms with Gasteiger partial charge in [0.1, 0.15) is 11.9 Å². The lowest BCUT2D eigenvalue weighted by Crippen LogP contribution is -2.19. The maximum atomic E-state index is 12.5. The average molecular weight is 392 g/mol. The van der Waals surface area contributed by atoms with E-state index in [0.717, 1.165) is 31.2 Å². The number of ether oxygens (including phenoxy) is 1. The molecule has 2 aliphatic heterocycles. The van der Waals surface area contributed by atoms with Gasteiger partial charge >= 0.3 is 5.97 Å². The van der Waals surface area contributed by atoms with Gasteiger partial charge in [-0.2, -0.15) is 5.10 Å². The molecule has 29 heavy (non-hydrogen) atoms. The second kappa shape index (κ2) is 8.07. The van der Waals surface area contributed by atoms with Gasteiger partial charge in [-0.05, 0) is 37.1 Å². The van der Waals surface area contributed by atoms with Crippen LogP contribution in [-0.4, -0.2) is 22.7 Å². The second-order valence-corrected chi connectivity index (χ2v) is 7.46. The van der Waals surface area contributed by atoms with Crippen molar-refractivity contribution in [1.29, 1.82) is 0 Å². The highest BCUT2D eigenvalue weighted by Gasteiger charge is 2.33. The quantitative estimate of drug-likeness (QED) is 0.546. The molecule has 0 bridgehead atoms. The fourth-order valence-electron chi connectivity index (χ4n) is 3.86. The van der Waals surface area contributed by atoms with Gasteiger partial charge in [0.05, 0.1) is 23.4 Å². The third-order valence-corrected chi connectivity index (χ3v) is 5.41. The molecule has 2 aromatic rings. The summed E-state index contributed by atoms with van der Waals surface area (Å²) in [6.07, 6.45) is 5.20. The monoisotopic (exact) mass is 392 g/mol. The summed E-state index contributed by atoms with van der Waals surface area (Å²) in [5, 5.41) is 15.7. The number of unbranched alkanes of at least 4 members (excludes halogenated alkanes) is 3. The van der Waals surface area contributed by atoms with E-state index in [1.807, 2.05) is 6.07 Å². The second-order valence-electron chi connectivity index (χ2n) is 7.46. The first-order chi connectivity index (χ1) is 14.1. The van der Waals surface area contributed by atoms with Gasteiger partial charge in [-0.1, -0.05) is 44.4 Å². The van der Waals surface area contributed by atoms with Crippen LogP contribution in [0.25, 0.3) is 0 Å². The summed E-state index contributed by atoms with van der Waals surface area (Å²) in [6.45, 7) is 2.17. The van der Waals surface area contributed by atoms with E-state index < -0.39 is 0 Å². The average Bonchev–Trinajstić information content (AvgIpc) is 3.25. The molecule has 6 heteroatoms.